The van der Waals surface area contributed by atoms with Crippen LogP contribution >= 0.6 is 11.6 Å². The van der Waals surface area contributed by atoms with Gasteiger partial charge in [0.05, 0.1) is 12.8 Å². The number of nitrogens with zero attached hydrogens (tertiary/aromatic N) is 1. The number of aliphatic imine (C=N–C) groups is 1. The van der Waals surface area contributed by atoms with Gasteiger partial charge in [0.25, 0.3) is 0 Å². The highest BCUT2D eigenvalue weighted by Crippen LogP contribution is 2.23. The van der Waals surface area contributed by atoms with E-state index in [1.54, 1.807) is 6.21 Å². The topological polar surface area (TPSA) is 25.5 Å². The van der Waals surface area contributed by atoms with Crippen LogP contribution in [0.15, 0.2) is 45.8 Å². The van der Waals surface area contributed by atoms with Crippen LogP contribution in [0.4, 0.5) is 0 Å². The van der Waals surface area contributed by atoms with Crippen LogP contribution in [-0.4, -0.2) is 12.8 Å². The summed E-state index contributed by atoms with van der Waals surface area (Å²) in [7, 11) is 0. The molecule has 0 radical (unpaired) electrons. The molecule has 0 fully saturated rings. The maximum absolute atomic E-state index is 5.82. The highest BCUT2D eigenvalue weighted by Gasteiger charge is 2.02. The van der Waals surface area contributed by atoms with Crippen LogP contribution in [0.1, 0.15) is 5.76 Å². The molecule has 1 heterocycles. The summed E-state index contributed by atoms with van der Waals surface area (Å²) in [5.74, 6) is 3.90. The first-order valence-electron chi connectivity index (χ1n) is 5.08. The van der Waals surface area contributed by atoms with Crippen LogP contribution in [0.3, 0.4) is 0 Å². The molecule has 1 aromatic heterocycles. The third-order valence-electron chi connectivity index (χ3n) is 2.16. The summed E-state index contributed by atoms with van der Waals surface area (Å²) >= 11 is 5.82. The lowest BCUT2D eigenvalue weighted by atomic mass is 10.2. The Kier molecular flexibility index (Phi) is 3.64. The molecule has 3 heteroatoms. The van der Waals surface area contributed by atoms with Gasteiger partial charge in [-0.2, -0.15) is 0 Å². The van der Waals surface area contributed by atoms with Crippen LogP contribution in [-0.2, 0) is 0 Å². The van der Waals surface area contributed by atoms with Crippen LogP contribution < -0.4 is 0 Å². The standard InChI is InChI=1S/C14H10ClNO/c1-2-9-16-10-13-7-8-14(17-13)11-3-5-12(15)6-4-11/h1,3-8,10H,9H2. The molecule has 2 nitrogen and oxygen atoms in total. The van der Waals surface area contributed by atoms with E-state index in [2.05, 4.69) is 10.9 Å². The van der Waals surface area contributed by atoms with E-state index in [4.69, 9.17) is 22.4 Å². The van der Waals surface area contributed by atoms with Gasteiger partial charge in [-0.15, -0.1) is 6.42 Å². The third-order valence-corrected chi connectivity index (χ3v) is 2.41. The van der Waals surface area contributed by atoms with Crippen molar-refractivity contribution < 1.29 is 4.42 Å². The molecule has 0 atom stereocenters. The summed E-state index contributed by atoms with van der Waals surface area (Å²) in [5, 5.41) is 0.705. The summed E-state index contributed by atoms with van der Waals surface area (Å²) in [6.45, 7) is 0.358. The normalized spacial score (nSPS) is 10.6. The first-order chi connectivity index (χ1) is 8.29. The lowest BCUT2D eigenvalue weighted by Crippen LogP contribution is -1.78. The SMILES string of the molecule is C#CCN=Cc1ccc(-c2ccc(Cl)cc2)o1. The van der Waals surface area contributed by atoms with Crippen molar-refractivity contribution in [1.29, 1.82) is 0 Å². The highest BCUT2D eigenvalue weighted by atomic mass is 35.5. The van der Waals surface area contributed by atoms with Crippen LogP contribution in [0, 0.1) is 12.3 Å². The zero-order valence-corrected chi connectivity index (χ0v) is 9.82. The van der Waals surface area contributed by atoms with E-state index in [-0.39, 0.29) is 0 Å². The van der Waals surface area contributed by atoms with E-state index in [9.17, 15) is 0 Å². The zero-order valence-electron chi connectivity index (χ0n) is 9.06. The Labute approximate surface area is 105 Å². The van der Waals surface area contributed by atoms with Crippen molar-refractivity contribution in [1.82, 2.24) is 0 Å². The largest absolute Gasteiger partial charge is 0.455 e. The van der Waals surface area contributed by atoms with Gasteiger partial charge in [0.2, 0.25) is 0 Å². The van der Waals surface area contributed by atoms with Crippen LogP contribution in [0.2, 0.25) is 5.02 Å². The van der Waals surface area contributed by atoms with E-state index in [0.29, 0.717) is 17.3 Å². The van der Waals surface area contributed by atoms with Gasteiger partial charge >= 0.3 is 0 Å². The number of hydrogen-bond donors (Lipinski definition) is 0. The second-order valence-corrected chi connectivity index (χ2v) is 3.82. The number of rotatable bonds is 3. The van der Waals surface area contributed by atoms with Gasteiger partial charge in [0.15, 0.2) is 0 Å². The Morgan fingerprint density at radius 3 is 2.71 bits per heavy atom. The molecule has 0 unspecified atom stereocenters. The predicted molar refractivity (Wildman–Crippen MR) is 70.4 cm³/mol. The molecule has 0 saturated carbocycles. The molecular formula is C14H10ClNO. The first kappa shape index (κ1) is 11.5. The van der Waals surface area contributed by atoms with E-state index in [1.165, 1.54) is 0 Å². The van der Waals surface area contributed by atoms with E-state index in [0.717, 1.165) is 11.3 Å². The second kappa shape index (κ2) is 5.38. The third kappa shape index (κ3) is 2.99. The molecule has 0 spiro atoms. The van der Waals surface area contributed by atoms with Gasteiger partial charge in [-0.3, -0.25) is 4.99 Å². The Bertz CT molecular complexity index is 561. The summed E-state index contributed by atoms with van der Waals surface area (Å²) in [6.07, 6.45) is 6.72. The smallest absolute Gasteiger partial charge is 0.145 e. The molecule has 84 valence electrons. The number of benzene rings is 1. The maximum atomic E-state index is 5.82. The summed E-state index contributed by atoms with van der Waals surface area (Å²) in [4.78, 5) is 4.01. The Morgan fingerprint density at radius 1 is 1.24 bits per heavy atom. The van der Waals surface area contributed by atoms with Crippen molar-refractivity contribution >= 4 is 17.8 Å². The average molecular weight is 244 g/mol. The van der Waals surface area contributed by atoms with Gasteiger partial charge in [-0.25, -0.2) is 0 Å². The first-order valence-corrected chi connectivity index (χ1v) is 5.46. The lowest BCUT2D eigenvalue weighted by molar-refractivity contribution is 0.575. The molecule has 2 rings (SSSR count). The number of furan rings is 1. The quantitative estimate of drug-likeness (QED) is 0.597. The zero-order chi connectivity index (χ0) is 12.1. The van der Waals surface area contributed by atoms with Crippen LogP contribution in [0.5, 0.6) is 0 Å². The molecule has 0 aliphatic heterocycles. The van der Waals surface area contributed by atoms with Gasteiger partial charge in [0, 0.05) is 10.6 Å². The number of halogens is 1. The monoisotopic (exact) mass is 243 g/mol. The summed E-state index contributed by atoms with van der Waals surface area (Å²) < 4.78 is 5.60. The van der Waals surface area contributed by atoms with E-state index < -0.39 is 0 Å². The Balaban J connectivity index is 2.18. The second-order valence-electron chi connectivity index (χ2n) is 3.38. The van der Waals surface area contributed by atoms with Crippen molar-refractivity contribution in [2.75, 3.05) is 6.54 Å². The molecule has 17 heavy (non-hydrogen) atoms. The fourth-order valence-corrected chi connectivity index (χ4v) is 1.51. The Hall–Kier alpha value is -1.98. The minimum atomic E-state index is 0.358. The minimum absolute atomic E-state index is 0.358. The van der Waals surface area contributed by atoms with Gasteiger partial charge in [-0.1, -0.05) is 17.5 Å². The predicted octanol–water partition coefficient (Wildman–Crippen LogP) is 3.65. The average Bonchev–Trinajstić information content (AvgIpc) is 2.79. The molecule has 0 saturated heterocycles. The van der Waals surface area contributed by atoms with Crippen molar-refractivity contribution in [2.24, 2.45) is 4.99 Å². The minimum Gasteiger partial charge on any atom is -0.455 e. The molecule has 1 aromatic carbocycles. The number of hydrogen-bond acceptors (Lipinski definition) is 2. The summed E-state index contributed by atoms with van der Waals surface area (Å²) in [6, 6.07) is 11.2. The van der Waals surface area contributed by atoms with Gasteiger partial charge < -0.3 is 4.42 Å². The van der Waals surface area contributed by atoms with Crippen LogP contribution in [0.25, 0.3) is 11.3 Å². The van der Waals surface area contributed by atoms with Gasteiger partial charge in [0.1, 0.15) is 11.5 Å². The maximum Gasteiger partial charge on any atom is 0.145 e. The van der Waals surface area contributed by atoms with Gasteiger partial charge in [-0.05, 0) is 36.4 Å². The van der Waals surface area contributed by atoms with E-state index in [1.807, 2.05) is 36.4 Å². The fourth-order valence-electron chi connectivity index (χ4n) is 1.38. The van der Waals surface area contributed by atoms with Crippen molar-refractivity contribution in [2.45, 2.75) is 0 Å². The number of terminal acetylenes is 1. The van der Waals surface area contributed by atoms with Crippen molar-refractivity contribution in [3.8, 4) is 23.7 Å². The summed E-state index contributed by atoms with van der Waals surface area (Å²) in [5.41, 5.74) is 0.978. The molecular weight excluding hydrogens is 234 g/mol. The van der Waals surface area contributed by atoms with E-state index >= 15 is 0 Å². The highest BCUT2D eigenvalue weighted by molar-refractivity contribution is 6.30. The molecule has 0 amide bonds. The molecule has 0 aliphatic rings. The molecule has 0 N–H and O–H groups in total. The Morgan fingerprint density at radius 2 is 2.00 bits per heavy atom. The lowest BCUT2D eigenvalue weighted by Gasteiger charge is -1.96. The fraction of sp³-hybridized carbons (Fsp3) is 0.0714. The molecule has 2 aromatic rings. The van der Waals surface area contributed by atoms with Crippen molar-refractivity contribution in [3.63, 3.8) is 0 Å². The molecule has 0 bridgehead atoms. The molecule has 0 aliphatic carbocycles. The van der Waals surface area contributed by atoms with Crippen molar-refractivity contribution in [3.05, 3.63) is 47.2 Å².